The molecule has 3 aromatic rings. The standard InChI is InChI=1S/C20H22N4O5S/c1-13(2)23-30(28,29)15-7-5-6-14(10-15)11-21-18(25)12-24-20(27)17-9-4-3-8-16(17)19(26)22-24/h3-10,13,23H,11-12H2,1-2H3,(H,21,25)(H,22,26). The SMILES string of the molecule is CC(C)NS(=O)(=O)c1cccc(CNC(=O)Cn2[nH]c(=O)c3ccccc3c2=O)c1. The highest BCUT2D eigenvalue weighted by atomic mass is 32.2. The van der Waals surface area contributed by atoms with E-state index in [4.69, 9.17) is 0 Å². The topological polar surface area (TPSA) is 130 Å². The zero-order valence-electron chi connectivity index (χ0n) is 16.5. The zero-order chi connectivity index (χ0) is 21.9. The van der Waals surface area contributed by atoms with Gasteiger partial charge in [-0.1, -0.05) is 24.3 Å². The molecular weight excluding hydrogens is 408 g/mol. The Hall–Kier alpha value is -3.24. The van der Waals surface area contributed by atoms with Crippen LogP contribution in [0.4, 0.5) is 0 Å². The lowest BCUT2D eigenvalue weighted by Crippen LogP contribution is -2.36. The van der Waals surface area contributed by atoms with Crippen molar-refractivity contribution in [1.29, 1.82) is 0 Å². The van der Waals surface area contributed by atoms with Gasteiger partial charge in [0.15, 0.2) is 0 Å². The van der Waals surface area contributed by atoms with Gasteiger partial charge in [0.25, 0.3) is 11.1 Å². The molecule has 0 atom stereocenters. The maximum atomic E-state index is 12.5. The molecule has 1 heterocycles. The second kappa shape index (κ2) is 8.64. The van der Waals surface area contributed by atoms with E-state index in [2.05, 4.69) is 15.1 Å². The number of amides is 1. The first-order valence-corrected chi connectivity index (χ1v) is 10.8. The predicted molar refractivity (Wildman–Crippen MR) is 113 cm³/mol. The Kier molecular flexibility index (Phi) is 6.18. The summed E-state index contributed by atoms with van der Waals surface area (Å²) in [5.74, 6) is -0.503. The monoisotopic (exact) mass is 430 g/mol. The van der Waals surface area contributed by atoms with Crippen LogP contribution in [-0.4, -0.2) is 30.1 Å². The van der Waals surface area contributed by atoms with Gasteiger partial charge in [-0.25, -0.2) is 17.8 Å². The molecule has 0 saturated carbocycles. The third-order valence-electron chi connectivity index (χ3n) is 4.27. The Labute approximate surface area is 172 Å². The maximum absolute atomic E-state index is 12.5. The Balaban J connectivity index is 1.72. The van der Waals surface area contributed by atoms with Crippen molar-refractivity contribution in [2.24, 2.45) is 0 Å². The summed E-state index contributed by atoms with van der Waals surface area (Å²) in [6.45, 7) is 3.14. The molecule has 3 rings (SSSR count). The molecular formula is C20H22N4O5S. The van der Waals surface area contributed by atoms with Gasteiger partial charge in [0.05, 0.1) is 15.7 Å². The van der Waals surface area contributed by atoms with Crippen LogP contribution in [0.15, 0.2) is 63.0 Å². The second-order valence-corrected chi connectivity index (χ2v) is 8.79. The third-order valence-corrected chi connectivity index (χ3v) is 5.93. The van der Waals surface area contributed by atoms with Crippen LogP contribution in [0.2, 0.25) is 0 Å². The van der Waals surface area contributed by atoms with Crippen molar-refractivity contribution in [1.82, 2.24) is 19.8 Å². The molecule has 0 aliphatic carbocycles. The summed E-state index contributed by atoms with van der Waals surface area (Å²) < 4.78 is 28.0. The number of hydrogen-bond acceptors (Lipinski definition) is 5. The number of carbonyl (C=O) groups is 1. The number of carbonyl (C=O) groups excluding carboxylic acids is 1. The molecule has 0 aliphatic rings. The minimum atomic E-state index is -3.65. The van der Waals surface area contributed by atoms with E-state index in [0.717, 1.165) is 4.68 Å². The molecule has 0 aliphatic heterocycles. The van der Waals surface area contributed by atoms with Crippen LogP contribution in [0.1, 0.15) is 19.4 Å². The molecule has 0 unspecified atom stereocenters. The normalized spacial score (nSPS) is 11.7. The lowest BCUT2D eigenvalue weighted by molar-refractivity contribution is -0.122. The van der Waals surface area contributed by atoms with E-state index in [0.29, 0.717) is 5.56 Å². The summed E-state index contributed by atoms with van der Waals surface area (Å²) in [6.07, 6.45) is 0. The molecule has 2 aromatic carbocycles. The number of fused-ring (bicyclic) bond motifs is 1. The van der Waals surface area contributed by atoms with Crippen molar-refractivity contribution in [3.05, 3.63) is 74.8 Å². The number of nitrogens with zero attached hydrogens (tertiary/aromatic N) is 1. The quantitative estimate of drug-likeness (QED) is 0.508. The second-order valence-electron chi connectivity index (χ2n) is 7.08. The molecule has 10 heteroatoms. The van der Waals surface area contributed by atoms with E-state index in [-0.39, 0.29) is 34.8 Å². The number of rotatable bonds is 7. The summed E-state index contributed by atoms with van der Waals surface area (Å²) in [7, 11) is -3.65. The average Bonchev–Trinajstić information content (AvgIpc) is 2.70. The molecule has 3 N–H and O–H groups in total. The zero-order valence-corrected chi connectivity index (χ0v) is 17.3. The highest BCUT2D eigenvalue weighted by Gasteiger charge is 2.16. The molecule has 1 amide bonds. The highest BCUT2D eigenvalue weighted by Crippen LogP contribution is 2.12. The first-order chi connectivity index (χ1) is 14.2. The van der Waals surface area contributed by atoms with E-state index in [1.807, 2.05) is 0 Å². The number of sulfonamides is 1. The molecule has 1 aromatic heterocycles. The van der Waals surface area contributed by atoms with E-state index in [9.17, 15) is 22.8 Å². The molecule has 9 nitrogen and oxygen atoms in total. The molecule has 0 radical (unpaired) electrons. The molecule has 158 valence electrons. The van der Waals surface area contributed by atoms with Crippen molar-refractivity contribution >= 4 is 26.7 Å². The van der Waals surface area contributed by atoms with Gasteiger partial charge in [0.2, 0.25) is 15.9 Å². The van der Waals surface area contributed by atoms with Crippen molar-refractivity contribution in [2.75, 3.05) is 0 Å². The summed E-state index contributed by atoms with van der Waals surface area (Å²) >= 11 is 0. The minimum Gasteiger partial charge on any atom is -0.350 e. The van der Waals surface area contributed by atoms with Gasteiger partial charge in [0, 0.05) is 12.6 Å². The Morgan fingerprint density at radius 2 is 1.77 bits per heavy atom. The Morgan fingerprint density at radius 3 is 2.47 bits per heavy atom. The van der Waals surface area contributed by atoms with E-state index in [1.54, 1.807) is 38.1 Å². The number of benzene rings is 2. The molecule has 30 heavy (non-hydrogen) atoms. The highest BCUT2D eigenvalue weighted by molar-refractivity contribution is 7.89. The van der Waals surface area contributed by atoms with E-state index in [1.165, 1.54) is 24.3 Å². The summed E-state index contributed by atoms with van der Waals surface area (Å²) in [6, 6.07) is 12.3. The van der Waals surface area contributed by atoms with Gasteiger partial charge >= 0.3 is 0 Å². The summed E-state index contributed by atoms with van der Waals surface area (Å²) in [5.41, 5.74) is -0.365. The fourth-order valence-corrected chi connectivity index (χ4v) is 4.28. The average molecular weight is 430 g/mol. The number of aromatic nitrogens is 2. The number of H-pyrrole nitrogens is 1. The van der Waals surface area contributed by atoms with Gasteiger partial charge in [0.1, 0.15) is 6.54 Å². The first-order valence-electron chi connectivity index (χ1n) is 9.27. The van der Waals surface area contributed by atoms with Gasteiger partial charge in [-0.3, -0.25) is 19.5 Å². The lowest BCUT2D eigenvalue weighted by atomic mass is 10.2. The first kappa shape index (κ1) is 21.5. The molecule has 0 spiro atoms. The minimum absolute atomic E-state index is 0.0659. The van der Waals surface area contributed by atoms with E-state index < -0.39 is 27.0 Å². The number of aromatic amines is 1. The Bertz CT molecular complexity index is 1310. The van der Waals surface area contributed by atoms with Crippen LogP contribution >= 0.6 is 0 Å². The van der Waals surface area contributed by atoms with Crippen molar-refractivity contribution in [3.63, 3.8) is 0 Å². The maximum Gasteiger partial charge on any atom is 0.273 e. The number of nitrogens with one attached hydrogen (secondary N) is 3. The lowest BCUT2D eigenvalue weighted by Gasteiger charge is -2.11. The number of hydrogen-bond donors (Lipinski definition) is 3. The van der Waals surface area contributed by atoms with Crippen LogP contribution in [0, 0.1) is 0 Å². The molecule has 0 saturated heterocycles. The fourth-order valence-electron chi connectivity index (χ4n) is 2.96. The predicted octanol–water partition coefficient (Wildman–Crippen LogP) is 0.693. The van der Waals surface area contributed by atoms with Crippen molar-refractivity contribution in [2.45, 2.75) is 37.9 Å². The molecule has 0 bridgehead atoms. The summed E-state index contributed by atoms with van der Waals surface area (Å²) in [4.78, 5) is 37.0. The van der Waals surface area contributed by atoms with Gasteiger partial charge in [-0.15, -0.1) is 0 Å². The third kappa shape index (κ3) is 4.84. The van der Waals surface area contributed by atoms with Gasteiger partial charge in [-0.2, -0.15) is 0 Å². The van der Waals surface area contributed by atoms with Gasteiger partial charge < -0.3 is 5.32 Å². The van der Waals surface area contributed by atoms with Gasteiger partial charge in [-0.05, 0) is 43.7 Å². The van der Waals surface area contributed by atoms with Crippen LogP contribution < -0.4 is 21.2 Å². The van der Waals surface area contributed by atoms with Crippen LogP contribution in [0.25, 0.3) is 10.8 Å². The van der Waals surface area contributed by atoms with Crippen LogP contribution in [-0.2, 0) is 27.9 Å². The fraction of sp³-hybridized carbons (Fsp3) is 0.250. The summed E-state index contributed by atoms with van der Waals surface area (Å²) in [5, 5.41) is 5.50. The Morgan fingerprint density at radius 1 is 1.07 bits per heavy atom. The van der Waals surface area contributed by atoms with Crippen LogP contribution in [0.3, 0.4) is 0 Å². The van der Waals surface area contributed by atoms with Crippen LogP contribution in [0.5, 0.6) is 0 Å². The van der Waals surface area contributed by atoms with Crippen molar-refractivity contribution in [3.8, 4) is 0 Å². The largest absolute Gasteiger partial charge is 0.350 e. The molecule has 0 fully saturated rings. The van der Waals surface area contributed by atoms with Crippen molar-refractivity contribution < 1.29 is 13.2 Å². The van der Waals surface area contributed by atoms with E-state index >= 15 is 0 Å². The smallest absolute Gasteiger partial charge is 0.273 e.